The first kappa shape index (κ1) is 18.9. The van der Waals surface area contributed by atoms with Crippen molar-refractivity contribution in [2.24, 2.45) is 0 Å². The molecule has 2 aromatic carbocycles. The Balaban J connectivity index is 0.00000225. The topological polar surface area (TPSA) is 59.6 Å². The van der Waals surface area contributed by atoms with Crippen molar-refractivity contribution in [3.8, 4) is 11.5 Å². The lowest BCUT2D eigenvalue weighted by Crippen LogP contribution is -2.27. The molecule has 1 heterocycles. The van der Waals surface area contributed by atoms with Gasteiger partial charge in [0.15, 0.2) is 0 Å². The summed E-state index contributed by atoms with van der Waals surface area (Å²) in [4.78, 5) is 12.6. The highest BCUT2D eigenvalue weighted by Gasteiger charge is 2.18. The van der Waals surface area contributed by atoms with Gasteiger partial charge >= 0.3 is 0 Å². The van der Waals surface area contributed by atoms with Crippen molar-refractivity contribution < 1.29 is 14.3 Å². The Morgan fingerprint density at radius 3 is 2.68 bits per heavy atom. The van der Waals surface area contributed by atoms with Crippen LogP contribution in [0.3, 0.4) is 0 Å². The van der Waals surface area contributed by atoms with E-state index in [4.69, 9.17) is 9.47 Å². The lowest BCUT2D eigenvalue weighted by atomic mass is 10.0. The van der Waals surface area contributed by atoms with Crippen LogP contribution in [0.5, 0.6) is 11.5 Å². The number of nitrogens with one attached hydrogen (secondary N) is 2. The normalized spacial score (nSPS) is 13.1. The van der Waals surface area contributed by atoms with Crippen molar-refractivity contribution in [1.29, 1.82) is 0 Å². The zero-order valence-corrected chi connectivity index (χ0v) is 15.4. The maximum atomic E-state index is 12.6. The first-order valence-electron chi connectivity index (χ1n) is 8.02. The van der Waals surface area contributed by atoms with E-state index >= 15 is 0 Å². The molecular formula is C19H23ClN2O3. The summed E-state index contributed by atoms with van der Waals surface area (Å²) in [6.45, 7) is 2.86. The number of hydrogen-bond acceptors (Lipinski definition) is 4. The first-order chi connectivity index (χ1) is 11.6. The molecule has 5 nitrogen and oxygen atoms in total. The van der Waals surface area contributed by atoms with Gasteiger partial charge in [0.05, 0.1) is 20.3 Å². The van der Waals surface area contributed by atoms with Crippen molar-refractivity contribution in [2.75, 3.05) is 26.1 Å². The van der Waals surface area contributed by atoms with Crippen molar-refractivity contribution >= 4 is 24.0 Å². The van der Waals surface area contributed by atoms with Gasteiger partial charge in [0.2, 0.25) is 0 Å². The summed E-state index contributed by atoms with van der Waals surface area (Å²) in [5, 5.41) is 6.33. The van der Waals surface area contributed by atoms with Crippen molar-refractivity contribution in [2.45, 2.75) is 19.4 Å². The molecule has 25 heavy (non-hydrogen) atoms. The average molecular weight is 363 g/mol. The summed E-state index contributed by atoms with van der Waals surface area (Å²) in [6.07, 6.45) is 0.954. The van der Waals surface area contributed by atoms with Gasteiger partial charge in [-0.1, -0.05) is 0 Å². The molecule has 1 aliphatic heterocycles. The predicted octanol–water partition coefficient (Wildman–Crippen LogP) is 3.58. The summed E-state index contributed by atoms with van der Waals surface area (Å²) in [5.74, 6) is 1.36. The van der Waals surface area contributed by atoms with Crippen LogP contribution in [0.15, 0.2) is 36.4 Å². The second kappa shape index (κ2) is 8.12. The predicted molar refractivity (Wildman–Crippen MR) is 101 cm³/mol. The largest absolute Gasteiger partial charge is 0.497 e. The molecule has 3 rings (SSSR count). The van der Waals surface area contributed by atoms with Crippen molar-refractivity contribution in [3.63, 3.8) is 0 Å². The fraction of sp³-hybridized carbons (Fsp3) is 0.316. The van der Waals surface area contributed by atoms with E-state index in [0.29, 0.717) is 5.56 Å². The highest BCUT2D eigenvalue weighted by Crippen LogP contribution is 2.29. The van der Waals surface area contributed by atoms with Crippen LogP contribution in [0, 0.1) is 0 Å². The first-order valence-corrected chi connectivity index (χ1v) is 8.02. The number of halogens is 1. The molecule has 0 spiro atoms. The van der Waals surface area contributed by atoms with Gasteiger partial charge in [0, 0.05) is 23.4 Å². The highest BCUT2D eigenvalue weighted by molar-refractivity contribution is 5.95. The number of carbonyl (C=O) groups is 1. The third kappa shape index (κ3) is 3.99. The van der Waals surface area contributed by atoms with E-state index in [-0.39, 0.29) is 24.4 Å². The van der Waals surface area contributed by atoms with Gasteiger partial charge in [0.1, 0.15) is 11.5 Å². The molecule has 0 bridgehead atoms. The molecule has 1 atom stereocenters. The Kier molecular flexibility index (Phi) is 6.15. The van der Waals surface area contributed by atoms with Crippen molar-refractivity contribution in [1.82, 2.24) is 5.32 Å². The highest BCUT2D eigenvalue weighted by atomic mass is 35.5. The molecular weight excluding hydrogens is 340 g/mol. The molecule has 0 aliphatic carbocycles. The molecule has 134 valence electrons. The molecule has 1 amide bonds. The fourth-order valence-corrected chi connectivity index (χ4v) is 2.98. The van der Waals surface area contributed by atoms with Gasteiger partial charge in [0.25, 0.3) is 5.91 Å². The second-order valence-corrected chi connectivity index (χ2v) is 5.85. The Bertz CT molecular complexity index is 764. The minimum atomic E-state index is -0.200. The Morgan fingerprint density at radius 2 is 1.96 bits per heavy atom. The van der Waals surface area contributed by atoms with Crippen molar-refractivity contribution in [3.05, 3.63) is 53.1 Å². The Hall–Kier alpha value is -2.40. The summed E-state index contributed by atoms with van der Waals surface area (Å²) in [7, 11) is 3.24. The number of fused-ring (bicyclic) bond motifs is 1. The van der Waals surface area contributed by atoms with E-state index in [9.17, 15) is 4.79 Å². The standard InChI is InChI=1S/C19H22N2O3.ClH/c1-12(16-11-15(23-2)5-7-18(16)24-3)21-19(22)14-4-6-17-13(10-14)8-9-20-17;/h4-7,10-12,20H,8-9H2,1-3H3,(H,21,22);1H. The number of rotatable bonds is 5. The molecule has 1 aliphatic rings. The fourth-order valence-electron chi connectivity index (χ4n) is 2.98. The van der Waals surface area contributed by atoms with Gasteiger partial charge in [-0.2, -0.15) is 0 Å². The minimum absolute atomic E-state index is 0. The summed E-state index contributed by atoms with van der Waals surface area (Å²) < 4.78 is 10.7. The molecule has 2 aromatic rings. The van der Waals surface area contributed by atoms with E-state index < -0.39 is 0 Å². The zero-order chi connectivity index (χ0) is 17.1. The van der Waals surface area contributed by atoms with Crippen LogP contribution in [0.1, 0.15) is 34.5 Å². The molecule has 6 heteroatoms. The third-order valence-electron chi connectivity index (χ3n) is 4.33. The maximum Gasteiger partial charge on any atom is 0.251 e. The average Bonchev–Trinajstić information content (AvgIpc) is 3.08. The maximum absolute atomic E-state index is 12.6. The molecule has 0 saturated heterocycles. The quantitative estimate of drug-likeness (QED) is 0.853. The van der Waals surface area contributed by atoms with Gasteiger partial charge in [-0.3, -0.25) is 4.79 Å². The van der Waals surface area contributed by atoms with E-state index in [1.165, 1.54) is 5.56 Å². The molecule has 0 aromatic heterocycles. The number of carbonyl (C=O) groups excluding carboxylic acids is 1. The minimum Gasteiger partial charge on any atom is -0.497 e. The lowest BCUT2D eigenvalue weighted by molar-refractivity contribution is 0.0939. The van der Waals surface area contributed by atoms with Gasteiger partial charge < -0.3 is 20.1 Å². The molecule has 1 unspecified atom stereocenters. The summed E-state index contributed by atoms with van der Waals surface area (Å²) >= 11 is 0. The summed E-state index contributed by atoms with van der Waals surface area (Å²) in [6, 6.07) is 11.1. The molecule has 2 N–H and O–H groups in total. The number of hydrogen-bond donors (Lipinski definition) is 2. The third-order valence-corrected chi connectivity index (χ3v) is 4.33. The van der Waals surface area contributed by atoms with Crippen LogP contribution in [0.4, 0.5) is 5.69 Å². The van der Waals surface area contributed by atoms with Gasteiger partial charge in [-0.25, -0.2) is 0 Å². The van der Waals surface area contributed by atoms with E-state index in [1.54, 1.807) is 14.2 Å². The summed E-state index contributed by atoms with van der Waals surface area (Å²) in [5.41, 5.74) is 3.86. The lowest BCUT2D eigenvalue weighted by Gasteiger charge is -2.18. The Labute approximate surface area is 154 Å². The van der Waals surface area contributed by atoms with Crippen LogP contribution in [0.25, 0.3) is 0 Å². The monoisotopic (exact) mass is 362 g/mol. The van der Waals surface area contributed by atoms with Crippen LogP contribution in [-0.2, 0) is 6.42 Å². The molecule has 0 saturated carbocycles. The number of benzene rings is 2. The van der Waals surface area contributed by atoms with Crippen LogP contribution < -0.4 is 20.1 Å². The van der Waals surface area contributed by atoms with E-state index in [1.807, 2.05) is 43.3 Å². The number of ether oxygens (including phenoxy) is 2. The molecule has 0 fully saturated rings. The zero-order valence-electron chi connectivity index (χ0n) is 14.6. The second-order valence-electron chi connectivity index (χ2n) is 5.85. The van der Waals surface area contributed by atoms with E-state index in [2.05, 4.69) is 10.6 Å². The number of anilines is 1. The number of amides is 1. The van der Waals surface area contributed by atoms with E-state index in [0.717, 1.165) is 35.7 Å². The molecule has 0 radical (unpaired) electrons. The number of methoxy groups -OCH3 is 2. The smallest absolute Gasteiger partial charge is 0.251 e. The van der Waals surface area contributed by atoms with Gasteiger partial charge in [-0.15, -0.1) is 12.4 Å². The Morgan fingerprint density at radius 1 is 1.16 bits per heavy atom. The SMILES string of the molecule is COc1ccc(OC)c(C(C)NC(=O)c2ccc3c(c2)CCN3)c1.Cl. The van der Waals surface area contributed by atoms with Crippen LogP contribution in [-0.4, -0.2) is 26.7 Å². The van der Waals surface area contributed by atoms with Gasteiger partial charge in [-0.05, 0) is 55.3 Å². The van der Waals surface area contributed by atoms with Crippen LogP contribution >= 0.6 is 12.4 Å². The van der Waals surface area contributed by atoms with Crippen LogP contribution in [0.2, 0.25) is 0 Å².